The molecule has 1 aromatic heterocycles. The summed E-state index contributed by atoms with van der Waals surface area (Å²) in [6.45, 7) is 0. The molecule has 0 amide bonds. The monoisotopic (exact) mass is 192 g/mol. The summed E-state index contributed by atoms with van der Waals surface area (Å²) in [5, 5.41) is 19.1. The third-order valence-electron chi connectivity index (χ3n) is 1.94. The number of carbonyl (C=O) groups is 1. The fourth-order valence-electron chi connectivity index (χ4n) is 1.34. The molecule has 1 aromatic carbocycles. The average molecular weight is 192 g/mol. The highest BCUT2D eigenvalue weighted by atomic mass is 16.3. The number of hydrogen-bond donors (Lipinski definition) is 2. The number of carbonyl (C=O) groups excluding carboxylic acids is 1. The molecule has 0 bridgehead atoms. The minimum atomic E-state index is -0.0676. The fourth-order valence-corrected chi connectivity index (χ4v) is 1.34. The molecule has 0 saturated carbocycles. The number of hydrogen-bond acceptors (Lipinski definition) is 4. The molecule has 72 valence electrons. The van der Waals surface area contributed by atoms with Gasteiger partial charge in [-0.3, -0.25) is 0 Å². The van der Waals surface area contributed by atoms with Gasteiger partial charge >= 0.3 is 0 Å². The Balaban J connectivity index is 2.64. The van der Waals surface area contributed by atoms with E-state index in [1.807, 2.05) is 0 Å². The second-order valence-corrected chi connectivity index (χ2v) is 2.96. The molecule has 1 heterocycles. The summed E-state index contributed by atoms with van der Waals surface area (Å²) < 4.78 is 5.22. The first-order valence-electron chi connectivity index (χ1n) is 4.09. The molecule has 2 N–H and O–H groups in total. The van der Waals surface area contributed by atoms with Crippen LogP contribution >= 0.6 is 0 Å². The summed E-state index contributed by atoms with van der Waals surface area (Å²) >= 11 is 0. The van der Waals surface area contributed by atoms with Gasteiger partial charge in [-0.1, -0.05) is 0 Å². The van der Waals surface area contributed by atoms with Gasteiger partial charge in [-0.2, -0.15) is 0 Å². The molecule has 4 heteroatoms. The summed E-state index contributed by atoms with van der Waals surface area (Å²) in [6, 6.07) is 4.20. The number of benzene rings is 1. The number of aldehydes is 1. The SMILES string of the molecule is O=CCc1cc2c(O)cc(O)cc2o1. The number of phenolic OH excluding ortho intramolecular Hbond substituents is 2. The van der Waals surface area contributed by atoms with Crippen LogP contribution in [0, 0.1) is 0 Å². The number of rotatable bonds is 2. The van der Waals surface area contributed by atoms with E-state index in [1.54, 1.807) is 6.07 Å². The van der Waals surface area contributed by atoms with Gasteiger partial charge in [-0.05, 0) is 6.07 Å². The molecule has 2 aromatic rings. The first-order chi connectivity index (χ1) is 6.70. The van der Waals surface area contributed by atoms with Crippen molar-refractivity contribution in [2.45, 2.75) is 6.42 Å². The van der Waals surface area contributed by atoms with Crippen LogP contribution in [-0.4, -0.2) is 16.5 Å². The van der Waals surface area contributed by atoms with E-state index in [9.17, 15) is 9.90 Å². The van der Waals surface area contributed by atoms with Crippen molar-refractivity contribution in [2.24, 2.45) is 0 Å². The van der Waals surface area contributed by atoms with Crippen molar-refractivity contribution in [3.63, 3.8) is 0 Å². The maximum absolute atomic E-state index is 10.2. The van der Waals surface area contributed by atoms with Crippen molar-refractivity contribution >= 4 is 17.3 Å². The molecule has 0 fully saturated rings. The predicted octanol–water partition coefficient (Wildman–Crippen LogP) is 1.59. The lowest BCUT2D eigenvalue weighted by Crippen LogP contribution is -1.78. The molecule has 0 aliphatic heterocycles. The number of furan rings is 1. The summed E-state index contributed by atoms with van der Waals surface area (Å²) in [6.07, 6.45) is 0.878. The minimum absolute atomic E-state index is 0.0547. The van der Waals surface area contributed by atoms with Crippen molar-refractivity contribution in [2.75, 3.05) is 0 Å². The molecular formula is C10H8O4. The van der Waals surface area contributed by atoms with Crippen LogP contribution in [0.5, 0.6) is 11.5 Å². The van der Waals surface area contributed by atoms with Crippen molar-refractivity contribution in [3.8, 4) is 11.5 Å². The van der Waals surface area contributed by atoms with Crippen LogP contribution in [0.3, 0.4) is 0 Å². The summed E-state index contributed by atoms with van der Waals surface area (Å²) in [7, 11) is 0. The molecule has 0 aliphatic carbocycles. The zero-order valence-electron chi connectivity index (χ0n) is 7.23. The second kappa shape index (κ2) is 3.06. The van der Waals surface area contributed by atoms with Crippen LogP contribution in [0.4, 0.5) is 0 Å². The van der Waals surface area contributed by atoms with Crippen molar-refractivity contribution in [1.29, 1.82) is 0 Å². The van der Waals surface area contributed by atoms with E-state index in [4.69, 9.17) is 9.52 Å². The highest BCUT2D eigenvalue weighted by Crippen LogP contribution is 2.31. The highest BCUT2D eigenvalue weighted by Gasteiger charge is 2.08. The average Bonchev–Trinajstić information content (AvgIpc) is 2.48. The van der Waals surface area contributed by atoms with Crippen LogP contribution in [0.25, 0.3) is 11.0 Å². The summed E-state index contributed by atoms with van der Waals surface area (Å²) in [4.78, 5) is 10.2. The number of phenols is 2. The lowest BCUT2D eigenvalue weighted by Gasteiger charge is -1.94. The molecule has 0 aliphatic rings. The molecule has 0 saturated heterocycles. The van der Waals surface area contributed by atoms with Gasteiger partial charge in [0, 0.05) is 12.1 Å². The molecule has 2 rings (SSSR count). The molecule has 14 heavy (non-hydrogen) atoms. The van der Waals surface area contributed by atoms with E-state index in [2.05, 4.69) is 0 Å². The fraction of sp³-hybridized carbons (Fsp3) is 0.100. The lowest BCUT2D eigenvalue weighted by atomic mass is 10.2. The lowest BCUT2D eigenvalue weighted by molar-refractivity contribution is -0.107. The third-order valence-corrected chi connectivity index (χ3v) is 1.94. The molecule has 0 radical (unpaired) electrons. The first kappa shape index (κ1) is 8.62. The van der Waals surface area contributed by atoms with Crippen LogP contribution in [0.1, 0.15) is 5.76 Å². The predicted molar refractivity (Wildman–Crippen MR) is 49.3 cm³/mol. The van der Waals surface area contributed by atoms with Crippen molar-refractivity contribution in [1.82, 2.24) is 0 Å². The third kappa shape index (κ3) is 1.31. The van der Waals surface area contributed by atoms with Crippen molar-refractivity contribution in [3.05, 3.63) is 24.0 Å². The highest BCUT2D eigenvalue weighted by molar-refractivity contribution is 5.86. The van der Waals surface area contributed by atoms with E-state index < -0.39 is 0 Å². The normalized spacial score (nSPS) is 10.6. The van der Waals surface area contributed by atoms with Crippen LogP contribution < -0.4 is 0 Å². The van der Waals surface area contributed by atoms with E-state index >= 15 is 0 Å². The number of aromatic hydroxyl groups is 2. The quantitative estimate of drug-likeness (QED) is 0.709. The van der Waals surface area contributed by atoms with Gasteiger partial charge in [0.1, 0.15) is 29.1 Å². The zero-order valence-corrected chi connectivity index (χ0v) is 7.23. The maximum Gasteiger partial charge on any atom is 0.141 e. The maximum atomic E-state index is 10.2. The van der Waals surface area contributed by atoms with Crippen LogP contribution in [-0.2, 0) is 11.2 Å². The van der Waals surface area contributed by atoms with Gasteiger partial charge in [-0.25, -0.2) is 0 Å². The summed E-state index contributed by atoms with van der Waals surface area (Å²) in [5.74, 6) is 0.346. The van der Waals surface area contributed by atoms with Gasteiger partial charge in [0.25, 0.3) is 0 Å². The van der Waals surface area contributed by atoms with Gasteiger partial charge in [-0.15, -0.1) is 0 Å². The molecule has 0 unspecified atom stereocenters. The Morgan fingerprint density at radius 1 is 1.29 bits per heavy atom. The van der Waals surface area contributed by atoms with Gasteiger partial charge in [0.15, 0.2) is 0 Å². The smallest absolute Gasteiger partial charge is 0.141 e. The Bertz CT molecular complexity index is 484. The molecule has 0 atom stereocenters. The molecule has 4 nitrogen and oxygen atoms in total. The Morgan fingerprint density at radius 3 is 2.79 bits per heavy atom. The Morgan fingerprint density at radius 2 is 2.07 bits per heavy atom. The van der Waals surface area contributed by atoms with E-state index in [0.717, 1.165) is 0 Å². The van der Waals surface area contributed by atoms with E-state index in [-0.39, 0.29) is 17.9 Å². The Kier molecular flexibility index (Phi) is 1.89. The molecular weight excluding hydrogens is 184 g/mol. The van der Waals surface area contributed by atoms with Gasteiger partial charge in [0.05, 0.1) is 11.8 Å². The topological polar surface area (TPSA) is 70.7 Å². The molecule has 0 spiro atoms. The van der Waals surface area contributed by atoms with Gasteiger partial charge in [0.2, 0.25) is 0 Å². The zero-order chi connectivity index (χ0) is 10.1. The largest absolute Gasteiger partial charge is 0.508 e. The van der Waals surface area contributed by atoms with Crippen molar-refractivity contribution < 1.29 is 19.4 Å². The van der Waals surface area contributed by atoms with Crippen LogP contribution in [0.2, 0.25) is 0 Å². The second-order valence-electron chi connectivity index (χ2n) is 2.96. The number of fused-ring (bicyclic) bond motifs is 1. The Hall–Kier alpha value is -1.97. The summed E-state index contributed by atoms with van der Waals surface area (Å²) in [5.41, 5.74) is 0.374. The van der Waals surface area contributed by atoms with Gasteiger partial charge < -0.3 is 19.4 Å². The van der Waals surface area contributed by atoms with E-state index in [0.29, 0.717) is 23.0 Å². The Labute approximate surface area is 79.4 Å². The van der Waals surface area contributed by atoms with Crippen LogP contribution in [0.15, 0.2) is 22.6 Å². The standard InChI is InChI=1S/C10H8O4/c11-2-1-7-5-8-9(13)3-6(12)4-10(8)14-7/h2-5,12-13H,1H2. The van der Waals surface area contributed by atoms with E-state index in [1.165, 1.54) is 12.1 Å². The minimum Gasteiger partial charge on any atom is -0.508 e. The first-order valence-corrected chi connectivity index (χ1v) is 4.09.